The van der Waals surface area contributed by atoms with Gasteiger partial charge in [-0.25, -0.2) is 0 Å². The minimum absolute atomic E-state index is 0.247. The van der Waals surface area contributed by atoms with Crippen molar-refractivity contribution in [3.63, 3.8) is 0 Å². The molecule has 0 amide bonds. The van der Waals surface area contributed by atoms with Crippen LogP contribution >= 0.6 is 11.8 Å². The fourth-order valence-corrected chi connectivity index (χ4v) is 2.48. The summed E-state index contributed by atoms with van der Waals surface area (Å²) in [5, 5.41) is 3.57. The number of nitrogens with one attached hydrogen (secondary N) is 1. The largest absolute Gasteiger partial charge is 0.309 e. The fraction of sp³-hybridized carbons (Fsp3) is 0.625. The normalized spacial score (nSPS) is 13.6. The van der Waals surface area contributed by atoms with Gasteiger partial charge in [-0.05, 0) is 29.2 Å². The summed E-state index contributed by atoms with van der Waals surface area (Å²) in [6, 6.07) is 9.57. The van der Waals surface area contributed by atoms with Gasteiger partial charge in [-0.2, -0.15) is 11.8 Å². The van der Waals surface area contributed by atoms with E-state index in [1.165, 1.54) is 22.6 Å². The van der Waals surface area contributed by atoms with E-state index in [0.717, 1.165) is 6.54 Å². The molecule has 0 spiro atoms. The molecule has 1 rings (SSSR count). The van der Waals surface area contributed by atoms with Crippen LogP contribution < -0.4 is 5.32 Å². The summed E-state index contributed by atoms with van der Waals surface area (Å²) < 4.78 is 0. The molecule has 0 aliphatic rings. The lowest BCUT2D eigenvalue weighted by Crippen LogP contribution is -2.27. The number of rotatable bonds is 6. The molecule has 0 saturated heterocycles. The molecular weight excluding hydrogens is 238 g/mol. The van der Waals surface area contributed by atoms with Crippen LogP contribution in [0.25, 0.3) is 0 Å². The average Bonchev–Trinajstić information content (AvgIpc) is 2.33. The standard InChI is InChI=1S/C16H27NS/c1-6-18-12-13(2)17-11-14-7-9-15(10-8-14)16(3,4)5/h7-10,13,17H,6,11-12H2,1-5H3. The molecule has 2 heteroatoms. The highest BCUT2D eigenvalue weighted by molar-refractivity contribution is 7.99. The summed E-state index contributed by atoms with van der Waals surface area (Å²) in [5.74, 6) is 2.39. The lowest BCUT2D eigenvalue weighted by molar-refractivity contribution is 0.584. The van der Waals surface area contributed by atoms with Gasteiger partial charge in [-0.15, -0.1) is 0 Å². The van der Waals surface area contributed by atoms with Crippen LogP contribution in [-0.4, -0.2) is 17.5 Å². The van der Waals surface area contributed by atoms with Gasteiger partial charge in [0, 0.05) is 18.3 Å². The highest BCUT2D eigenvalue weighted by Gasteiger charge is 2.12. The van der Waals surface area contributed by atoms with Crippen LogP contribution in [-0.2, 0) is 12.0 Å². The van der Waals surface area contributed by atoms with E-state index in [2.05, 4.69) is 64.2 Å². The fourth-order valence-electron chi connectivity index (χ4n) is 1.77. The Morgan fingerprint density at radius 1 is 1.17 bits per heavy atom. The maximum absolute atomic E-state index is 3.57. The Morgan fingerprint density at radius 3 is 2.28 bits per heavy atom. The zero-order valence-electron chi connectivity index (χ0n) is 12.4. The minimum Gasteiger partial charge on any atom is -0.309 e. The average molecular weight is 265 g/mol. The van der Waals surface area contributed by atoms with Gasteiger partial charge < -0.3 is 5.32 Å². The summed E-state index contributed by atoms with van der Waals surface area (Å²) in [5.41, 5.74) is 3.02. The second-order valence-corrected chi connectivity index (χ2v) is 7.21. The summed E-state index contributed by atoms with van der Waals surface area (Å²) in [7, 11) is 0. The molecular formula is C16H27NS. The topological polar surface area (TPSA) is 12.0 Å². The smallest absolute Gasteiger partial charge is 0.0208 e. The monoisotopic (exact) mass is 265 g/mol. The SMILES string of the molecule is CCSCC(C)NCc1ccc(C(C)(C)C)cc1. The van der Waals surface area contributed by atoms with Gasteiger partial charge in [0.1, 0.15) is 0 Å². The molecule has 1 nitrogen and oxygen atoms in total. The van der Waals surface area contributed by atoms with Gasteiger partial charge in [0.15, 0.2) is 0 Å². The highest BCUT2D eigenvalue weighted by atomic mass is 32.2. The lowest BCUT2D eigenvalue weighted by atomic mass is 9.87. The van der Waals surface area contributed by atoms with Crippen molar-refractivity contribution in [3.05, 3.63) is 35.4 Å². The lowest BCUT2D eigenvalue weighted by Gasteiger charge is -2.19. The molecule has 0 fully saturated rings. The zero-order valence-corrected chi connectivity index (χ0v) is 13.2. The van der Waals surface area contributed by atoms with Crippen molar-refractivity contribution in [1.82, 2.24) is 5.32 Å². The maximum Gasteiger partial charge on any atom is 0.0208 e. The van der Waals surface area contributed by atoms with Crippen molar-refractivity contribution in [1.29, 1.82) is 0 Å². The minimum atomic E-state index is 0.247. The van der Waals surface area contributed by atoms with E-state index in [9.17, 15) is 0 Å². The summed E-state index contributed by atoms with van der Waals surface area (Å²) in [4.78, 5) is 0. The van der Waals surface area contributed by atoms with Crippen LogP contribution in [0.4, 0.5) is 0 Å². The Labute approximate surface area is 117 Å². The van der Waals surface area contributed by atoms with Crippen molar-refractivity contribution in [3.8, 4) is 0 Å². The number of hydrogen-bond acceptors (Lipinski definition) is 2. The van der Waals surface area contributed by atoms with Gasteiger partial charge in [0.05, 0.1) is 0 Å². The van der Waals surface area contributed by atoms with Crippen LogP contribution in [0.2, 0.25) is 0 Å². The van der Waals surface area contributed by atoms with Crippen LogP contribution in [0.15, 0.2) is 24.3 Å². The molecule has 0 aliphatic heterocycles. The highest BCUT2D eigenvalue weighted by Crippen LogP contribution is 2.22. The first-order valence-corrected chi connectivity index (χ1v) is 7.99. The Balaban J connectivity index is 2.44. The van der Waals surface area contributed by atoms with Crippen molar-refractivity contribution in [2.75, 3.05) is 11.5 Å². The summed E-state index contributed by atoms with van der Waals surface area (Å²) in [6.07, 6.45) is 0. The first-order chi connectivity index (χ1) is 8.43. The van der Waals surface area contributed by atoms with Crippen molar-refractivity contribution < 1.29 is 0 Å². The Hall–Kier alpha value is -0.470. The molecule has 102 valence electrons. The molecule has 0 aromatic heterocycles. The number of benzene rings is 1. The van der Waals surface area contributed by atoms with Gasteiger partial charge >= 0.3 is 0 Å². The Morgan fingerprint density at radius 2 is 1.78 bits per heavy atom. The van der Waals surface area contributed by atoms with Crippen LogP contribution in [0.1, 0.15) is 45.7 Å². The molecule has 18 heavy (non-hydrogen) atoms. The molecule has 0 bridgehead atoms. The first-order valence-electron chi connectivity index (χ1n) is 6.84. The van der Waals surface area contributed by atoms with E-state index in [1.54, 1.807) is 0 Å². The third-order valence-electron chi connectivity index (χ3n) is 3.05. The molecule has 1 atom stereocenters. The molecule has 1 aromatic rings. The predicted molar refractivity (Wildman–Crippen MR) is 84.4 cm³/mol. The Bertz CT molecular complexity index is 337. The van der Waals surface area contributed by atoms with Crippen molar-refractivity contribution in [2.45, 2.75) is 52.6 Å². The van der Waals surface area contributed by atoms with Gasteiger partial charge in [0.2, 0.25) is 0 Å². The zero-order chi connectivity index (χ0) is 13.6. The second-order valence-electron chi connectivity index (χ2n) is 5.89. The quantitative estimate of drug-likeness (QED) is 0.826. The predicted octanol–water partition coefficient (Wildman–Crippen LogP) is 4.22. The molecule has 0 saturated carbocycles. The molecule has 0 aliphatic carbocycles. The van der Waals surface area contributed by atoms with Gasteiger partial charge in [0.25, 0.3) is 0 Å². The van der Waals surface area contributed by atoms with Crippen LogP contribution in [0.5, 0.6) is 0 Å². The van der Waals surface area contributed by atoms with Gasteiger partial charge in [-0.1, -0.05) is 52.0 Å². The third kappa shape index (κ3) is 5.45. The third-order valence-corrected chi connectivity index (χ3v) is 4.19. The molecule has 1 N–H and O–H groups in total. The molecule has 1 unspecified atom stereocenters. The first kappa shape index (κ1) is 15.6. The number of thioether (sulfide) groups is 1. The van der Waals surface area contributed by atoms with Crippen molar-refractivity contribution in [2.24, 2.45) is 0 Å². The summed E-state index contributed by atoms with van der Waals surface area (Å²) >= 11 is 1.99. The molecule has 0 radical (unpaired) electrons. The van der Waals surface area contributed by atoms with Gasteiger partial charge in [-0.3, -0.25) is 0 Å². The molecule has 1 aromatic carbocycles. The number of hydrogen-bond donors (Lipinski definition) is 1. The summed E-state index contributed by atoms with van der Waals surface area (Å²) in [6.45, 7) is 12.2. The van der Waals surface area contributed by atoms with Crippen LogP contribution in [0, 0.1) is 0 Å². The second kappa shape index (κ2) is 7.20. The van der Waals surface area contributed by atoms with Crippen molar-refractivity contribution >= 4 is 11.8 Å². The van der Waals surface area contributed by atoms with E-state index < -0.39 is 0 Å². The van der Waals surface area contributed by atoms with E-state index in [1.807, 2.05) is 11.8 Å². The van der Waals surface area contributed by atoms with E-state index >= 15 is 0 Å². The molecule has 0 heterocycles. The van der Waals surface area contributed by atoms with E-state index in [-0.39, 0.29) is 5.41 Å². The van der Waals surface area contributed by atoms with E-state index in [0.29, 0.717) is 6.04 Å². The van der Waals surface area contributed by atoms with Crippen LogP contribution in [0.3, 0.4) is 0 Å². The maximum atomic E-state index is 3.57. The van der Waals surface area contributed by atoms with E-state index in [4.69, 9.17) is 0 Å². The Kier molecular flexibility index (Phi) is 6.24.